The van der Waals surface area contributed by atoms with Gasteiger partial charge in [-0.25, -0.2) is 4.98 Å². The third kappa shape index (κ3) is 5.91. The highest BCUT2D eigenvalue weighted by molar-refractivity contribution is 7.99. The smallest absolute Gasteiger partial charge is 0.315 e. The number of nitrogens with one attached hydrogen (secondary N) is 1. The van der Waals surface area contributed by atoms with E-state index in [9.17, 15) is 4.79 Å². The maximum atomic E-state index is 11.1. The third-order valence-electron chi connectivity index (χ3n) is 2.17. The quantitative estimate of drug-likeness (QED) is 0.735. The Labute approximate surface area is 113 Å². The molecule has 0 aliphatic carbocycles. The summed E-state index contributed by atoms with van der Waals surface area (Å²) in [7, 11) is 0. The molecule has 0 bridgehead atoms. The van der Waals surface area contributed by atoms with Crippen LogP contribution in [0.25, 0.3) is 0 Å². The Kier molecular flexibility index (Phi) is 7.25. The zero-order valence-corrected chi connectivity index (χ0v) is 11.8. The number of hydrogen-bond acceptors (Lipinski definition) is 5. The Hall–Kier alpha value is -1.23. The summed E-state index contributed by atoms with van der Waals surface area (Å²) in [5.74, 6) is 1.91. The van der Waals surface area contributed by atoms with Gasteiger partial charge >= 0.3 is 5.97 Å². The molecule has 18 heavy (non-hydrogen) atoms. The monoisotopic (exact) mass is 268 g/mol. The zero-order valence-electron chi connectivity index (χ0n) is 10.9. The number of ether oxygens (including phenoxy) is 1. The maximum Gasteiger partial charge on any atom is 0.315 e. The summed E-state index contributed by atoms with van der Waals surface area (Å²) >= 11 is 1.54. The molecule has 1 rings (SSSR count). The minimum atomic E-state index is -0.156. The molecule has 1 aromatic heterocycles. The van der Waals surface area contributed by atoms with Crippen LogP contribution in [0.3, 0.4) is 0 Å². The van der Waals surface area contributed by atoms with Crippen LogP contribution >= 0.6 is 11.8 Å². The molecule has 4 nitrogen and oxygen atoms in total. The van der Waals surface area contributed by atoms with Gasteiger partial charge in [-0.15, -0.1) is 11.8 Å². The molecular weight excluding hydrogens is 248 g/mol. The number of hydrogen-bond donors (Lipinski definition) is 1. The first kappa shape index (κ1) is 14.8. The summed E-state index contributed by atoms with van der Waals surface area (Å²) in [5.41, 5.74) is 1.12. The zero-order chi connectivity index (χ0) is 13.2. The number of esters is 1. The van der Waals surface area contributed by atoms with Gasteiger partial charge in [0, 0.05) is 18.5 Å². The summed E-state index contributed by atoms with van der Waals surface area (Å²) in [6.07, 6.45) is 2.93. The Morgan fingerprint density at radius 2 is 2.28 bits per heavy atom. The minimum absolute atomic E-state index is 0.156. The normalized spacial score (nSPS) is 10.1. The molecule has 0 atom stereocenters. The Balaban J connectivity index is 2.28. The fourth-order valence-electron chi connectivity index (χ4n) is 1.32. The van der Waals surface area contributed by atoms with E-state index in [2.05, 4.69) is 17.2 Å². The molecule has 100 valence electrons. The summed E-state index contributed by atoms with van der Waals surface area (Å²) in [4.78, 5) is 15.4. The first-order chi connectivity index (χ1) is 8.76. The van der Waals surface area contributed by atoms with Gasteiger partial charge in [0.05, 0.1) is 12.4 Å². The molecule has 5 heteroatoms. The van der Waals surface area contributed by atoms with Crippen molar-refractivity contribution in [2.45, 2.75) is 26.0 Å². The lowest BCUT2D eigenvalue weighted by Gasteiger charge is -2.05. The Morgan fingerprint density at radius 1 is 1.44 bits per heavy atom. The highest BCUT2D eigenvalue weighted by Gasteiger charge is 2.02. The van der Waals surface area contributed by atoms with Crippen LogP contribution in [-0.2, 0) is 15.3 Å². The van der Waals surface area contributed by atoms with Crippen LogP contribution in [0.1, 0.15) is 25.8 Å². The second kappa shape index (κ2) is 8.80. The number of anilines is 1. The van der Waals surface area contributed by atoms with E-state index in [1.54, 1.807) is 11.8 Å². The second-order valence-corrected chi connectivity index (χ2v) is 4.76. The highest BCUT2D eigenvalue weighted by Crippen LogP contribution is 2.13. The van der Waals surface area contributed by atoms with E-state index in [1.165, 1.54) is 0 Å². The van der Waals surface area contributed by atoms with Crippen molar-refractivity contribution >= 4 is 23.5 Å². The van der Waals surface area contributed by atoms with E-state index in [1.807, 2.05) is 25.3 Å². The second-order valence-electron chi connectivity index (χ2n) is 3.78. The van der Waals surface area contributed by atoms with E-state index in [0.717, 1.165) is 30.1 Å². The first-order valence-electron chi connectivity index (χ1n) is 6.18. The molecule has 0 amide bonds. The van der Waals surface area contributed by atoms with Gasteiger partial charge in [-0.1, -0.05) is 13.0 Å². The van der Waals surface area contributed by atoms with Crippen LogP contribution < -0.4 is 5.32 Å². The summed E-state index contributed by atoms with van der Waals surface area (Å²) in [5, 5.41) is 3.22. The van der Waals surface area contributed by atoms with Crippen LogP contribution in [0.15, 0.2) is 18.3 Å². The van der Waals surface area contributed by atoms with Crippen molar-refractivity contribution in [3.8, 4) is 0 Å². The van der Waals surface area contributed by atoms with Crippen molar-refractivity contribution in [2.24, 2.45) is 0 Å². The van der Waals surface area contributed by atoms with Gasteiger partial charge in [0.15, 0.2) is 0 Å². The van der Waals surface area contributed by atoms with E-state index < -0.39 is 0 Å². The topological polar surface area (TPSA) is 51.2 Å². The van der Waals surface area contributed by atoms with Crippen LogP contribution in [0.2, 0.25) is 0 Å². The van der Waals surface area contributed by atoms with E-state index in [-0.39, 0.29) is 5.97 Å². The van der Waals surface area contributed by atoms with E-state index >= 15 is 0 Å². The van der Waals surface area contributed by atoms with Crippen molar-refractivity contribution in [1.82, 2.24) is 4.98 Å². The van der Waals surface area contributed by atoms with Crippen molar-refractivity contribution < 1.29 is 9.53 Å². The number of rotatable bonds is 8. The molecule has 0 radical (unpaired) electrons. The first-order valence-corrected chi connectivity index (χ1v) is 7.34. The average Bonchev–Trinajstić information content (AvgIpc) is 2.38. The lowest BCUT2D eigenvalue weighted by Crippen LogP contribution is -2.06. The van der Waals surface area contributed by atoms with Crippen molar-refractivity contribution in [3.63, 3.8) is 0 Å². The molecule has 1 heterocycles. The number of thioether (sulfide) groups is 1. The Morgan fingerprint density at radius 3 is 2.89 bits per heavy atom. The van der Waals surface area contributed by atoms with Gasteiger partial charge in [-0.05, 0) is 25.0 Å². The van der Waals surface area contributed by atoms with Crippen LogP contribution in [0.4, 0.5) is 5.82 Å². The molecule has 0 saturated carbocycles. The number of aromatic nitrogens is 1. The molecular formula is C13H20N2O2S. The van der Waals surface area contributed by atoms with Crippen molar-refractivity contribution in [1.29, 1.82) is 0 Å². The molecule has 0 fully saturated rings. The molecule has 1 aromatic rings. The molecule has 0 unspecified atom stereocenters. The minimum Gasteiger partial charge on any atom is -0.465 e. The number of carbonyl (C=O) groups excluding carboxylic acids is 1. The number of nitrogens with zero attached hydrogens (tertiary/aromatic N) is 1. The van der Waals surface area contributed by atoms with Crippen LogP contribution in [0.5, 0.6) is 0 Å². The predicted octanol–water partition coefficient (Wildman–Crippen LogP) is 2.70. The number of pyridine rings is 1. The molecule has 0 aromatic carbocycles. The van der Waals surface area contributed by atoms with Crippen molar-refractivity contribution in [3.05, 3.63) is 23.9 Å². The summed E-state index contributed by atoms with van der Waals surface area (Å²) in [6, 6.07) is 4.00. The molecule has 0 saturated heterocycles. The average molecular weight is 268 g/mol. The van der Waals surface area contributed by atoms with E-state index in [0.29, 0.717) is 12.4 Å². The Bertz CT molecular complexity index is 355. The van der Waals surface area contributed by atoms with Gasteiger partial charge in [0.1, 0.15) is 5.82 Å². The molecule has 0 spiro atoms. The molecule has 1 N–H and O–H groups in total. The SMILES string of the molecule is CCCNc1ccc(CSCC(=O)OCC)cn1. The lowest BCUT2D eigenvalue weighted by molar-refractivity contribution is -0.139. The third-order valence-corrected chi connectivity index (χ3v) is 3.15. The van der Waals surface area contributed by atoms with Crippen molar-refractivity contribution in [2.75, 3.05) is 24.2 Å². The van der Waals surface area contributed by atoms with Gasteiger partial charge < -0.3 is 10.1 Å². The maximum absolute atomic E-state index is 11.1. The fraction of sp³-hybridized carbons (Fsp3) is 0.538. The van der Waals surface area contributed by atoms with Gasteiger partial charge in [-0.2, -0.15) is 0 Å². The van der Waals surface area contributed by atoms with E-state index in [4.69, 9.17) is 4.74 Å². The fourth-order valence-corrected chi connectivity index (χ4v) is 2.08. The standard InChI is InChI=1S/C13H20N2O2S/c1-3-7-14-12-6-5-11(8-15-12)9-18-10-13(16)17-4-2/h5-6,8H,3-4,7,9-10H2,1-2H3,(H,14,15). The van der Waals surface area contributed by atoms with Gasteiger partial charge in [0.25, 0.3) is 0 Å². The van der Waals surface area contributed by atoms with Gasteiger partial charge in [-0.3, -0.25) is 4.79 Å². The molecule has 0 aliphatic rings. The summed E-state index contributed by atoms with van der Waals surface area (Å²) in [6.45, 7) is 5.31. The highest BCUT2D eigenvalue weighted by atomic mass is 32.2. The van der Waals surface area contributed by atoms with Crippen LogP contribution in [-0.4, -0.2) is 29.9 Å². The summed E-state index contributed by atoms with van der Waals surface area (Å²) < 4.78 is 4.86. The van der Waals surface area contributed by atoms with Crippen LogP contribution in [0, 0.1) is 0 Å². The number of carbonyl (C=O) groups is 1. The lowest BCUT2D eigenvalue weighted by atomic mass is 10.3. The van der Waals surface area contributed by atoms with Gasteiger partial charge in [0.2, 0.25) is 0 Å². The molecule has 0 aliphatic heterocycles. The largest absolute Gasteiger partial charge is 0.465 e. The predicted molar refractivity (Wildman–Crippen MR) is 75.8 cm³/mol.